The van der Waals surface area contributed by atoms with E-state index in [4.69, 9.17) is 5.73 Å². The number of hydrogen-bond donors (Lipinski definition) is 3. The van der Waals surface area contributed by atoms with Gasteiger partial charge in [-0.1, -0.05) is 24.3 Å². The second-order valence-corrected chi connectivity index (χ2v) is 6.00. The Labute approximate surface area is 127 Å². The summed E-state index contributed by atoms with van der Waals surface area (Å²) in [6, 6.07) is 11.5. The fourth-order valence-corrected chi connectivity index (χ4v) is 2.99. The van der Waals surface area contributed by atoms with Crippen molar-refractivity contribution in [2.45, 2.75) is 19.0 Å². The van der Waals surface area contributed by atoms with Gasteiger partial charge in [0.1, 0.15) is 0 Å². The first-order valence-electron chi connectivity index (χ1n) is 6.84. The molecule has 3 aromatic rings. The minimum atomic E-state index is -0.538. The lowest BCUT2D eigenvalue weighted by Gasteiger charge is -2.11. The average molecular weight is 299 g/mol. The highest BCUT2D eigenvalue weighted by molar-refractivity contribution is 7.09. The first kappa shape index (κ1) is 13.9. The number of amides is 1. The first-order chi connectivity index (χ1) is 10.2. The van der Waals surface area contributed by atoms with Crippen molar-refractivity contribution in [2.24, 2.45) is 5.73 Å². The molecule has 0 fully saturated rings. The maximum absolute atomic E-state index is 12.1. The molecule has 3 rings (SSSR count). The number of benzene rings is 1. The number of thiophene rings is 1. The third-order valence-electron chi connectivity index (χ3n) is 3.47. The summed E-state index contributed by atoms with van der Waals surface area (Å²) >= 11 is 1.62. The molecule has 2 aromatic heterocycles. The molecule has 0 aliphatic carbocycles. The maximum atomic E-state index is 12.1. The van der Waals surface area contributed by atoms with Crippen molar-refractivity contribution in [3.8, 4) is 0 Å². The molecule has 0 unspecified atom stereocenters. The Kier molecular flexibility index (Phi) is 4.03. The number of carbonyl (C=O) groups is 1. The lowest BCUT2D eigenvalue weighted by molar-refractivity contribution is -0.122. The minimum Gasteiger partial charge on any atom is -0.361 e. The van der Waals surface area contributed by atoms with E-state index in [9.17, 15) is 4.79 Å². The fraction of sp³-hybridized carbons (Fsp3) is 0.188. The summed E-state index contributed by atoms with van der Waals surface area (Å²) in [4.78, 5) is 16.4. The van der Waals surface area contributed by atoms with Gasteiger partial charge in [-0.25, -0.2) is 0 Å². The molecule has 0 saturated carbocycles. The Morgan fingerprint density at radius 1 is 1.29 bits per heavy atom. The largest absolute Gasteiger partial charge is 0.361 e. The molecule has 0 spiro atoms. The molecular weight excluding hydrogens is 282 g/mol. The number of aromatic nitrogens is 1. The lowest BCUT2D eigenvalue weighted by atomic mass is 10.1. The standard InChI is InChI=1S/C16H17N3OS/c17-14(16(20)19-10-12-4-3-7-21-12)8-11-9-18-15-6-2-1-5-13(11)15/h1-7,9,14,18H,8,10,17H2,(H,19,20)/t14-/m1/s1. The molecule has 4 nitrogen and oxygen atoms in total. The summed E-state index contributed by atoms with van der Waals surface area (Å²) in [5.74, 6) is -0.117. The number of carbonyl (C=O) groups excluding carboxylic acids is 1. The Morgan fingerprint density at radius 3 is 2.95 bits per heavy atom. The second-order valence-electron chi connectivity index (χ2n) is 4.97. The van der Waals surface area contributed by atoms with Crippen molar-refractivity contribution in [1.82, 2.24) is 10.3 Å². The van der Waals surface area contributed by atoms with Gasteiger partial charge in [-0.05, 0) is 29.5 Å². The van der Waals surface area contributed by atoms with Crippen LogP contribution in [0.2, 0.25) is 0 Å². The molecule has 0 aliphatic rings. The molecule has 1 atom stereocenters. The monoisotopic (exact) mass is 299 g/mol. The predicted octanol–water partition coefficient (Wildman–Crippen LogP) is 2.42. The van der Waals surface area contributed by atoms with Crippen LogP contribution in [0.15, 0.2) is 48.0 Å². The van der Waals surface area contributed by atoms with Gasteiger partial charge in [0.25, 0.3) is 0 Å². The van der Waals surface area contributed by atoms with Gasteiger partial charge >= 0.3 is 0 Å². The van der Waals surface area contributed by atoms with Crippen molar-refractivity contribution in [2.75, 3.05) is 0 Å². The van der Waals surface area contributed by atoms with Gasteiger partial charge in [0, 0.05) is 22.0 Å². The summed E-state index contributed by atoms with van der Waals surface area (Å²) < 4.78 is 0. The highest BCUT2D eigenvalue weighted by Crippen LogP contribution is 2.18. The number of fused-ring (bicyclic) bond motifs is 1. The van der Waals surface area contributed by atoms with E-state index in [1.54, 1.807) is 11.3 Å². The van der Waals surface area contributed by atoms with Gasteiger partial charge < -0.3 is 16.0 Å². The molecule has 0 saturated heterocycles. The van der Waals surface area contributed by atoms with E-state index in [0.29, 0.717) is 13.0 Å². The number of hydrogen-bond acceptors (Lipinski definition) is 3. The molecule has 5 heteroatoms. The molecule has 4 N–H and O–H groups in total. The van der Waals surface area contributed by atoms with Gasteiger partial charge in [0.05, 0.1) is 12.6 Å². The molecule has 1 amide bonds. The van der Waals surface area contributed by atoms with Gasteiger partial charge in [0.2, 0.25) is 5.91 Å². The van der Waals surface area contributed by atoms with E-state index in [-0.39, 0.29) is 5.91 Å². The Morgan fingerprint density at radius 2 is 2.14 bits per heavy atom. The van der Waals surface area contributed by atoms with Crippen LogP contribution < -0.4 is 11.1 Å². The van der Waals surface area contributed by atoms with E-state index >= 15 is 0 Å². The Balaban J connectivity index is 1.62. The summed E-state index contributed by atoms with van der Waals surface area (Å²) in [5, 5.41) is 6.00. The zero-order chi connectivity index (χ0) is 14.7. The number of nitrogens with two attached hydrogens (primary N) is 1. The summed E-state index contributed by atoms with van der Waals surface area (Å²) in [6.07, 6.45) is 2.46. The van der Waals surface area contributed by atoms with Crippen molar-refractivity contribution in [1.29, 1.82) is 0 Å². The van der Waals surface area contributed by atoms with Crippen LogP contribution in [0.5, 0.6) is 0 Å². The Hall–Kier alpha value is -2.11. The lowest BCUT2D eigenvalue weighted by Crippen LogP contribution is -2.41. The number of rotatable bonds is 5. The third kappa shape index (κ3) is 3.15. The third-order valence-corrected chi connectivity index (χ3v) is 4.34. The van der Waals surface area contributed by atoms with E-state index < -0.39 is 6.04 Å². The van der Waals surface area contributed by atoms with E-state index in [1.165, 1.54) is 0 Å². The van der Waals surface area contributed by atoms with Crippen LogP contribution in [0, 0.1) is 0 Å². The normalized spacial score (nSPS) is 12.4. The molecule has 21 heavy (non-hydrogen) atoms. The van der Waals surface area contributed by atoms with Crippen LogP contribution >= 0.6 is 11.3 Å². The van der Waals surface area contributed by atoms with Crippen LogP contribution in [-0.4, -0.2) is 16.9 Å². The van der Waals surface area contributed by atoms with E-state index in [2.05, 4.69) is 10.3 Å². The van der Waals surface area contributed by atoms with Crippen LogP contribution in [-0.2, 0) is 17.8 Å². The van der Waals surface area contributed by atoms with Gasteiger partial charge in [-0.3, -0.25) is 4.79 Å². The van der Waals surface area contributed by atoms with Crippen molar-refractivity contribution >= 4 is 28.1 Å². The van der Waals surface area contributed by atoms with Crippen molar-refractivity contribution < 1.29 is 4.79 Å². The Bertz CT molecular complexity index is 733. The maximum Gasteiger partial charge on any atom is 0.237 e. The van der Waals surface area contributed by atoms with E-state index in [1.807, 2.05) is 48.0 Å². The average Bonchev–Trinajstić information content (AvgIpc) is 3.15. The molecule has 2 heterocycles. The predicted molar refractivity (Wildman–Crippen MR) is 86.1 cm³/mol. The van der Waals surface area contributed by atoms with E-state index in [0.717, 1.165) is 21.3 Å². The van der Waals surface area contributed by atoms with Crippen molar-refractivity contribution in [3.05, 3.63) is 58.4 Å². The van der Waals surface area contributed by atoms with Crippen LogP contribution in [0.1, 0.15) is 10.4 Å². The number of para-hydroxylation sites is 1. The quantitative estimate of drug-likeness (QED) is 0.677. The minimum absolute atomic E-state index is 0.117. The van der Waals surface area contributed by atoms with Crippen LogP contribution in [0.25, 0.3) is 10.9 Å². The summed E-state index contributed by atoms with van der Waals surface area (Å²) in [5.41, 5.74) is 8.16. The van der Waals surface area contributed by atoms with Gasteiger partial charge in [0.15, 0.2) is 0 Å². The molecular formula is C16H17N3OS. The molecule has 108 valence electrons. The zero-order valence-electron chi connectivity index (χ0n) is 11.5. The van der Waals surface area contributed by atoms with Gasteiger partial charge in [-0.15, -0.1) is 11.3 Å². The summed E-state index contributed by atoms with van der Waals surface area (Å²) in [6.45, 7) is 0.540. The van der Waals surface area contributed by atoms with Gasteiger partial charge in [-0.2, -0.15) is 0 Å². The first-order valence-corrected chi connectivity index (χ1v) is 7.72. The molecule has 0 aliphatic heterocycles. The summed E-state index contributed by atoms with van der Waals surface area (Å²) in [7, 11) is 0. The smallest absolute Gasteiger partial charge is 0.237 e. The number of nitrogens with one attached hydrogen (secondary N) is 2. The molecule has 0 bridgehead atoms. The van der Waals surface area contributed by atoms with Crippen molar-refractivity contribution in [3.63, 3.8) is 0 Å². The number of H-pyrrole nitrogens is 1. The molecule has 1 aromatic carbocycles. The highest BCUT2D eigenvalue weighted by Gasteiger charge is 2.15. The topological polar surface area (TPSA) is 70.9 Å². The fourth-order valence-electron chi connectivity index (χ4n) is 2.35. The van der Waals surface area contributed by atoms with Crippen LogP contribution in [0.3, 0.4) is 0 Å². The highest BCUT2D eigenvalue weighted by atomic mass is 32.1. The SMILES string of the molecule is N[C@H](Cc1c[nH]c2ccccc12)C(=O)NCc1cccs1. The van der Waals surface area contributed by atoms with Crippen LogP contribution in [0.4, 0.5) is 0 Å². The molecule has 0 radical (unpaired) electrons. The zero-order valence-corrected chi connectivity index (χ0v) is 12.3. The second kappa shape index (κ2) is 6.11. The number of aromatic amines is 1.